The lowest BCUT2D eigenvalue weighted by atomic mass is 10.1. The van der Waals surface area contributed by atoms with Gasteiger partial charge >= 0.3 is 6.03 Å². The third-order valence-corrected chi connectivity index (χ3v) is 7.56. The fraction of sp³-hybridized carbons (Fsp3) is 0.467. The first-order valence-corrected chi connectivity index (χ1v) is 14.3. The van der Waals surface area contributed by atoms with Gasteiger partial charge in [-0.3, -0.25) is 14.6 Å². The molecule has 0 radical (unpaired) electrons. The van der Waals surface area contributed by atoms with Crippen molar-refractivity contribution in [3.63, 3.8) is 0 Å². The summed E-state index contributed by atoms with van der Waals surface area (Å²) >= 11 is 0. The summed E-state index contributed by atoms with van der Waals surface area (Å²) < 4.78 is 1.99. The van der Waals surface area contributed by atoms with Crippen molar-refractivity contribution in [3.8, 4) is 11.1 Å². The van der Waals surface area contributed by atoms with Crippen LogP contribution in [0.2, 0.25) is 0 Å². The summed E-state index contributed by atoms with van der Waals surface area (Å²) in [6.45, 7) is 12.1. The van der Waals surface area contributed by atoms with Gasteiger partial charge in [-0.2, -0.15) is 10.2 Å². The molecule has 2 amide bonds. The summed E-state index contributed by atoms with van der Waals surface area (Å²) in [5.41, 5.74) is 4.72. The maximum atomic E-state index is 12.5. The Hall–Kier alpha value is -4.12. The van der Waals surface area contributed by atoms with Gasteiger partial charge in [-0.15, -0.1) is 5.10 Å². The molecule has 1 N–H and O–H groups in total. The molecule has 5 heterocycles. The lowest BCUT2D eigenvalue weighted by Crippen LogP contribution is -2.60. The highest BCUT2D eigenvalue weighted by Crippen LogP contribution is 2.24. The van der Waals surface area contributed by atoms with E-state index in [4.69, 9.17) is 4.98 Å². The number of rotatable bonds is 8. The lowest BCUT2D eigenvalue weighted by molar-refractivity contribution is 0.0522. The molecule has 0 aliphatic carbocycles. The number of carbonyl (C=O) groups excluding carboxylic acids is 1. The summed E-state index contributed by atoms with van der Waals surface area (Å²) in [6, 6.07) is 8.36. The molecule has 0 unspecified atom stereocenters. The molecule has 216 valence electrons. The van der Waals surface area contributed by atoms with Gasteiger partial charge in [0.15, 0.2) is 5.82 Å². The van der Waals surface area contributed by atoms with Crippen molar-refractivity contribution in [1.29, 1.82) is 0 Å². The van der Waals surface area contributed by atoms with Crippen LogP contribution in [-0.4, -0.2) is 96.5 Å². The molecule has 5 rings (SSSR count). The Labute approximate surface area is 241 Å². The number of aryl methyl sites for hydroxylation is 1. The first-order valence-electron chi connectivity index (χ1n) is 14.3. The highest BCUT2D eigenvalue weighted by Gasteiger charge is 2.33. The van der Waals surface area contributed by atoms with Crippen molar-refractivity contribution in [2.45, 2.75) is 58.7 Å². The number of urea groups is 1. The standard InChI is InChI=1S/C30H40N10O/c1-20(2)23-13-29(36-32-15-23)35-28-9-8-26-27(34-28)12-24(14-31-26)25-16-33-39(19-25)11-7-10-38-17-21(3)40(22(4)18-38)30(41)37(5)6/h8-9,12-16,19-22H,7,10-11,17-18H2,1-6H3,(H,34,35,36)/t21-,22+. The number of carbonyl (C=O) groups is 1. The van der Waals surface area contributed by atoms with Crippen LogP contribution in [0.5, 0.6) is 0 Å². The molecule has 0 aromatic carbocycles. The molecular formula is C30H40N10O. The van der Waals surface area contributed by atoms with Crippen LogP contribution >= 0.6 is 0 Å². The van der Waals surface area contributed by atoms with Crippen LogP contribution < -0.4 is 5.32 Å². The smallest absolute Gasteiger partial charge is 0.320 e. The number of nitrogens with zero attached hydrogens (tertiary/aromatic N) is 9. The first-order chi connectivity index (χ1) is 19.7. The number of nitrogens with one attached hydrogen (secondary N) is 1. The van der Waals surface area contributed by atoms with E-state index in [0.29, 0.717) is 17.6 Å². The second kappa shape index (κ2) is 12.2. The minimum absolute atomic E-state index is 0.0883. The molecule has 11 heteroatoms. The highest BCUT2D eigenvalue weighted by atomic mass is 16.2. The Morgan fingerprint density at radius 2 is 1.78 bits per heavy atom. The number of piperazine rings is 1. The zero-order valence-corrected chi connectivity index (χ0v) is 24.8. The van der Waals surface area contributed by atoms with E-state index in [-0.39, 0.29) is 18.1 Å². The van der Waals surface area contributed by atoms with Crippen molar-refractivity contribution in [2.75, 3.05) is 39.0 Å². The maximum absolute atomic E-state index is 12.5. The molecule has 1 saturated heterocycles. The second-order valence-corrected chi connectivity index (χ2v) is 11.5. The van der Waals surface area contributed by atoms with Crippen LogP contribution in [0.3, 0.4) is 0 Å². The average Bonchev–Trinajstić information content (AvgIpc) is 3.41. The Bertz CT molecular complexity index is 1490. The Morgan fingerprint density at radius 1 is 1.00 bits per heavy atom. The molecule has 0 spiro atoms. The van der Waals surface area contributed by atoms with Crippen LogP contribution in [0.4, 0.5) is 16.4 Å². The van der Waals surface area contributed by atoms with E-state index >= 15 is 0 Å². The summed E-state index contributed by atoms with van der Waals surface area (Å²) in [5, 5.41) is 16.2. The normalized spacial score (nSPS) is 17.8. The van der Waals surface area contributed by atoms with Gasteiger partial charge in [0.25, 0.3) is 0 Å². The van der Waals surface area contributed by atoms with Crippen molar-refractivity contribution in [1.82, 2.24) is 44.6 Å². The topological polar surface area (TPSA) is 108 Å². The zero-order chi connectivity index (χ0) is 29.1. The molecule has 1 aliphatic rings. The SMILES string of the molecule is CC(C)c1cnnc(Nc2ccc3ncc(-c4cnn(CCCN5C[C@@H](C)N(C(=O)N(C)C)[C@@H](C)C5)c4)cc3n2)c1. The summed E-state index contributed by atoms with van der Waals surface area (Å²) in [5.74, 6) is 1.73. The highest BCUT2D eigenvalue weighted by molar-refractivity contribution is 5.81. The van der Waals surface area contributed by atoms with E-state index in [2.05, 4.69) is 64.4 Å². The lowest BCUT2D eigenvalue weighted by Gasteiger charge is -2.45. The monoisotopic (exact) mass is 556 g/mol. The molecule has 0 saturated carbocycles. The molecule has 41 heavy (non-hydrogen) atoms. The summed E-state index contributed by atoms with van der Waals surface area (Å²) in [7, 11) is 3.63. The second-order valence-electron chi connectivity index (χ2n) is 11.5. The minimum Gasteiger partial charge on any atom is -0.331 e. The van der Waals surface area contributed by atoms with Gasteiger partial charge in [0.1, 0.15) is 5.82 Å². The molecule has 4 aromatic rings. The number of pyridine rings is 2. The molecule has 4 aromatic heterocycles. The van der Waals surface area contributed by atoms with Crippen molar-refractivity contribution >= 4 is 28.7 Å². The Morgan fingerprint density at radius 3 is 2.51 bits per heavy atom. The predicted octanol–water partition coefficient (Wildman–Crippen LogP) is 4.62. The zero-order valence-electron chi connectivity index (χ0n) is 24.8. The van der Waals surface area contributed by atoms with E-state index in [1.54, 1.807) is 11.1 Å². The van der Waals surface area contributed by atoms with Gasteiger partial charge < -0.3 is 15.1 Å². The average molecular weight is 557 g/mol. The summed E-state index contributed by atoms with van der Waals surface area (Å²) in [6.07, 6.45) is 8.59. The van der Waals surface area contributed by atoms with Gasteiger partial charge in [-0.1, -0.05) is 13.8 Å². The number of aromatic nitrogens is 6. The first kappa shape index (κ1) is 28.4. The number of hydrogen-bond donors (Lipinski definition) is 1. The maximum Gasteiger partial charge on any atom is 0.320 e. The third kappa shape index (κ3) is 6.62. The van der Waals surface area contributed by atoms with Gasteiger partial charge in [0.2, 0.25) is 0 Å². The Kier molecular flexibility index (Phi) is 8.44. The van der Waals surface area contributed by atoms with Gasteiger partial charge in [-0.05, 0) is 56.0 Å². The Balaban J connectivity index is 1.20. The largest absolute Gasteiger partial charge is 0.331 e. The van der Waals surface area contributed by atoms with E-state index in [1.807, 2.05) is 60.3 Å². The predicted molar refractivity (Wildman–Crippen MR) is 161 cm³/mol. The van der Waals surface area contributed by atoms with Crippen LogP contribution in [0.15, 0.2) is 49.1 Å². The fourth-order valence-electron chi connectivity index (χ4n) is 5.44. The van der Waals surface area contributed by atoms with Crippen molar-refractivity contribution in [3.05, 3.63) is 54.6 Å². The molecule has 0 bridgehead atoms. The number of amides is 2. The molecule has 1 fully saturated rings. The molecule has 2 atom stereocenters. The quantitative estimate of drug-likeness (QED) is 0.335. The van der Waals surface area contributed by atoms with Gasteiger partial charge in [0, 0.05) is 75.9 Å². The van der Waals surface area contributed by atoms with E-state index in [9.17, 15) is 4.79 Å². The number of anilines is 2. The number of hydrogen-bond acceptors (Lipinski definition) is 8. The molecular weight excluding hydrogens is 516 g/mol. The minimum atomic E-state index is 0.0883. The molecule has 1 aliphatic heterocycles. The van der Waals surface area contributed by atoms with E-state index in [0.717, 1.165) is 60.3 Å². The van der Waals surface area contributed by atoms with Gasteiger partial charge in [0.05, 0.1) is 23.4 Å². The fourth-order valence-corrected chi connectivity index (χ4v) is 5.44. The van der Waals surface area contributed by atoms with Crippen molar-refractivity contribution < 1.29 is 4.79 Å². The van der Waals surface area contributed by atoms with Crippen LogP contribution in [0, 0.1) is 0 Å². The summed E-state index contributed by atoms with van der Waals surface area (Å²) in [4.78, 5) is 28.1. The van der Waals surface area contributed by atoms with E-state index in [1.165, 1.54) is 0 Å². The van der Waals surface area contributed by atoms with Crippen molar-refractivity contribution in [2.24, 2.45) is 0 Å². The third-order valence-electron chi connectivity index (χ3n) is 7.56. The van der Waals surface area contributed by atoms with Crippen LogP contribution in [0.25, 0.3) is 22.2 Å². The van der Waals surface area contributed by atoms with Crippen LogP contribution in [-0.2, 0) is 6.54 Å². The number of fused-ring (bicyclic) bond motifs is 1. The molecule has 11 nitrogen and oxygen atoms in total. The van der Waals surface area contributed by atoms with Crippen LogP contribution in [0.1, 0.15) is 45.6 Å². The van der Waals surface area contributed by atoms with Gasteiger partial charge in [-0.25, -0.2) is 9.78 Å². The van der Waals surface area contributed by atoms with E-state index < -0.39 is 0 Å².